The molecule has 0 radical (unpaired) electrons. The van der Waals surface area contributed by atoms with E-state index in [0.717, 1.165) is 0 Å². The first-order valence-corrected chi connectivity index (χ1v) is 6.00. The molecule has 0 aliphatic heterocycles. The van der Waals surface area contributed by atoms with Gasteiger partial charge in [0.05, 0.1) is 5.69 Å². The maximum absolute atomic E-state index is 12.1. The third-order valence-electron chi connectivity index (χ3n) is 2.98. The Morgan fingerprint density at radius 2 is 2.00 bits per heavy atom. The van der Waals surface area contributed by atoms with Crippen LogP contribution in [0.5, 0.6) is 0 Å². The normalized spacial score (nSPS) is 12.2. The summed E-state index contributed by atoms with van der Waals surface area (Å²) in [6.07, 6.45) is 1.41. The maximum atomic E-state index is 12.1. The lowest BCUT2D eigenvalue weighted by molar-refractivity contribution is -0.134. The van der Waals surface area contributed by atoms with Gasteiger partial charge < -0.3 is 10.0 Å². The number of amides is 1. The number of aromatic nitrogens is 2. The molecule has 0 bridgehead atoms. The van der Waals surface area contributed by atoms with Crippen LogP contribution in [-0.2, 0) is 4.79 Å². The Bertz CT molecular complexity index is 449. The SMILES string of the molecule is CCN(CC)C(=O)C(C)n1cc(C(=O)O)c(C)n1. The Morgan fingerprint density at radius 3 is 2.39 bits per heavy atom. The van der Waals surface area contributed by atoms with Gasteiger partial charge in [-0.05, 0) is 27.7 Å². The molecule has 6 nitrogen and oxygen atoms in total. The molecule has 1 rings (SSSR count). The Balaban J connectivity index is 2.97. The predicted octanol–water partition coefficient (Wildman–Crippen LogP) is 1.32. The zero-order valence-corrected chi connectivity index (χ0v) is 11.2. The van der Waals surface area contributed by atoms with Crippen LogP contribution >= 0.6 is 0 Å². The van der Waals surface area contributed by atoms with Crippen LogP contribution < -0.4 is 0 Å². The van der Waals surface area contributed by atoms with E-state index in [1.165, 1.54) is 10.9 Å². The summed E-state index contributed by atoms with van der Waals surface area (Å²) >= 11 is 0. The first-order valence-electron chi connectivity index (χ1n) is 6.00. The Morgan fingerprint density at radius 1 is 1.44 bits per heavy atom. The number of aromatic carboxylic acids is 1. The Hall–Kier alpha value is -1.85. The molecule has 18 heavy (non-hydrogen) atoms. The zero-order chi connectivity index (χ0) is 13.9. The average Bonchev–Trinajstić information content (AvgIpc) is 2.71. The summed E-state index contributed by atoms with van der Waals surface area (Å²) < 4.78 is 1.42. The van der Waals surface area contributed by atoms with Crippen molar-refractivity contribution in [3.63, 3.8) is 0 Å². The van der Waals surface area contributed by atoms with Crippen molar-refractivity contribution in [1.29, 1.82) is 0 Å². The van der Waals surface area contributed by atoms with Crippen LogP contribution in [0.4, 0.5) is 0 Å². The van der Waals surface area contributed by atoms with Gasteiger partial charge in [0.1, 0.15) is 11.6 Å². The van der Waals surface area contributed by atoms with Gasteiger partial charge in [0.25, 0.3) is 0 Å². The number of carboxylic acid groups (broad SMARTS) is 1. The van der Waals surface area contributed by atoms with E-state index in [1.807, 2.05) is 13.8 Å². The number of aryl methyl sites for hydroxylation is 1. The highest BCUT2D eigenvalue weighted by molar-refractivity contribution is 5.88. The fourth-order valence-corrected chi connectivity index (χ4v) is 1.80. The Kier molecular flexibility index (Phi) is 4.47. The number of likely N-dealkylation sites (N-methyl/N-ethyl adjacent to an activating group) is 1. The molecule has 100 valence electrons. The molecular formula is C12H19N3O3. The summed E-state index contributed by atoms with van der Waals surface area (Å²) in [6.45, 7) is 8.42. The summed E-state index contributed by atoms with van der Waals surface area (Å²) in [5.74, 6) is -1.08. The second-order valence-corrected chi connectivity index (χ2v) is 4.10. The first-order chi connectivity index (χ1) is 8.42. The molecule has 0 spiro atoms. The van der Waals surface area contributed by atoms with Crippen LogP contribution in [0.3, 0.4) is 0 Å². The molecule has 0 saturated carbocycles. The molecule has 1 atom stereocenters. The molecular weight excluding hydrogens is 234 g/mol. The Labute approximate surface area is 106 Å². The van der Waals surface area contributed by atoms with E-state index in [4.69, 9.17) is 5.11 Å². The summed E-state index contributed by atoms with van der Waals surface area (Å²) in [4.78, 5) is 24.7. The van der Waals surface area contributed by atoms with E-state index >= 15 is 0 Å². The highest BCUT2D eigenvalue weighted by Gasteiger charge is 2.22. The van der Waals surface area contributed by atoms with Gasteiger partial charge in [-0.15, -0.1) is 0 Å². The quantitative estimate of drug-likeness (QED) is 0.858. The topological polar surface area (TPSA) is 75.4 Å². The van der Waals surface area contributed by atoms with Crippen LogP contribution in [-0.4, -0.2) is 44.8 Å². The molecule has 1 amide bonds. The summed E-state index contributed by atoms with van der Waals surface area (Å²) in [5, 5.41) is 13.0. The lowest BCUT2D eigenvalue weighted by Crippen LogP contribution is -2.36. The van der Waals surface area contributed by atoms with Crippen molar-refractivity contribution in [2.75, 3.05) is 13.1 Å². The standard InChI is InChI=1S/C12H19N3O3/c1-5-14(6-2)11(16)9(4)15-7-10(12(17)18)8(3)13-15/h7,9H,5-6H2,1-4H3,(H,17,18). The van der Waals surface area contributed by atoms with Gasteiger partial charge in [-0.3, -0.25) is 9.48 Å². The average molecular weight is 253 g/mol. The summed E-state index contributed by atoms with van der Waals surface area (Å²) in [7, 11) is 0. The minimum Gasteiger partial charge on any atom is -0.478 e. The van der Waals surface area contributed by atoms with E-state index in [1.54, 1.807) is 18.7 Å². The second kappa shape index (κ2) is 5.66. The molecule has 1 N–H and O–H groups in total. The highest BCUT2D eigenvalue weighted by atomic mass is 16.4. The van der Waals surface area contributed by atoms with Crippen LogP contribution in [0.2, 0.25) is 0 Å². The fourth-order valence-electron chi connectivity index (χ4n) is 1.80. The van der Waals surface area contributed by atoms with Gasteiger partial charge in [-0.1, -0.05) is 0 Å². The van der Waals surface area contributed by atoms with Crippen molar-refractivity contribution >= 4 is 11.9 Å². The van der Waals surface area contributed by atoms with E-state index in [2.05, 4.69) is 5.10 Å². The number of carbonyl (C=O) groups is 2. The lowest BCUT2D eigenvalue weighted by atomic mass is 10.2. The van der Waals surface area contributed by atoms with Crippen LogP contribution in [0.25, 0.3) is 0 Å². The molecule has 0 saturated heterocycles. The number of carbonyl (C=O) groups excluding carboxylic acids is 1. The van der Waals surface area contributed by atoms with Crippen molar-refractivity contribution in [3.05, 3.63) is 17.5 Å². The molecule has 0 fully saturated rings. The third kappa shape index (κ3) is 2.69. The van der Waals surface area contributed by atoms with Crippen LogP contribution in [0, 0.1) is 6.92 Å². The molecule has 1 unspecified atom stereocenters. The minimum absolute atomic E-state index is 0.0561. The molecule has 0 aliphatic rings. The van der Waals surface area contributed by atoms with Crippen molar-refractivity contribution < 1.29 is 14.7 Å². The van der Waals surface area contributed by atoms with E-state index in [-0.39, 0.29) is 11.5 Å². The van der Waals surface area contributed by atoms with Gasteiger partial charge in [0.15, 0.2) is 0 Å². The van der Waals surface area contributed by atoms with Crippen LogP contribution in [0.1, 0.15) is 42.9 Å². The van der Waals surface area contributed by atoms with Crippen molar-refractivity contribution in [1.82, 2.24) is 14.7 Å². The van der Waals surface area contributed by atoms with E-state index in [9.17, 15) is 9.59 Å². The zero-order valence-electron chi connectivity index (χ0n) is 11.2. The molecule has 1 aromatic heterocycles. The largest absolute Gasteiger partial charge is 0.478 e. The van der Waals surface area contributed by atoms with E-state index < -0.39 is 12.0 Å². The second-order valence-electron chi connectivity index (χ2n) is 4.10. The molecule has 0 aliphatic carbocycles. The van der Waals surface area contributed by atoms with Gasteiger partial charge >= 0.3 is 5.97 Å². The number of nitrogens with zero attached hydrogens (tertiary/aromatic N) is 3. The summed E-state index contributed by atoms with van der Waals surface area (Å²) in [5.41, 5.74) is 0.552. The lowest BCUT2D eigenvalue weighted by Gasteiger charge is -2.22. The molecule has 1 aromatic rings. The van der Waals surface area contributed by atoms with Gasteiger partial charge in [-0.2, -0.15) is 5.10 Å². The molecule has 1 heterocycles. The number of hydrogen-bond donors (Lipinski definition) is 1. The van der Waals surface area contributed by atoms with Gasteiger partial charge in [0, 0.05) is 19.3 Å². The van der Waals surface area contributed by atoms with Crippen molar-refractivity contribution in [2.24, 2.45) is 0 Å². The predicted molar refractivity (Wildman–Crippen MR) is 66.6 cm³/mol. The number of carboxylic acids is 1. The minimum atomic E-state index is -1.03. The van der Waals surface area contributed by atoms with Crippen LogP contribution in [0.15, 0.2) is 6.20 Å². The molecule has 0 aromatic carbocycles. The molecule has 6 heteroatoms. The van der Waals surface area contributed by atoms with Gasteiger partial charge in [-0.25, -0.2) is 4.79 Å². The van der Waals surface area contributed by atoms with Crippen molar-refractivity contribution in [3.8, 4) is 0 Å². The third-order valence-corrected chi connectivity index (χ3v) is 2.98. The highest BCUT2D eigenvalue weighted by Crippen LogP contribution is 2.13. The number of hydrogen-bond acceptors (Lipinski definition) is 3. The number of rotatable bonds is 5. The maximum Gasteiger partial charge on any atom is 0.339 e. The smallest absolute Gasteiger partial charge is 0.339 e. The summed E-state index contributed by atoms with van der Waals surface area (Å²) in [6, 6.07) is -0.489. The first kappa shape index (κ1) is 14.2. The van der Waals surface area contributed by atoms with E-state index in [0.29, 0.717) is 18.8 Å². The monoisotopic (exact) mass is 253 g/mol. The van der Waals surface area contributed by atoms with Crippen molar-refractivity contribution in [2.45, 2.75) is 33.7 Å². The fraction of sp³-hybridized carbons (Fsp3) is 0.583. The van der Waals surface area contributed by atoms with Gasteiger partial charge in [0.2, 0.25) is 5.91 Å².